The molecule has 0 saturated heterocycles. The fourth-order valence-electron chi connectivity index (χ4n) is 3.03. The molecule has 0 aliphatic carbocycles. The van der Waals surface area contributed by atoms with Crippen molar-refractivity contribution in [3.63, 3.8) is 0 Å². The Morgan fingerprint density at radius 2 is 1.86 bits per heavy atom. The first kappa shape index (κ1) is 19.5. The second kappa shape index (κ2) is 6.44. The van der Waals surface area contributed by atoms with Crippen LogP contribution in [0.15, 0.2) is 35.3 Å². The number of fused-ring (bicyclic) bond motifs is 1. The molecule has 1 aromatic carbocycles. The smallest absolute Gasteiger partial charge is 0.354 e. The Morgan fingerprint density at radius 1 is 1.18 bits per heavy atom. The molecule has 0 radical (unpaired) electrons. The third kappa shape index (κ3) is 3.03. The third-order valence-corrected chi connectivity index (χ3v) is 4.83. The number of aryl methyl sites for hydroxylation is 1. The molecule has 0 amide bonds. The molecule has 28 heavy (non-hydrogen) atoms. The Labute approximate surface area is 157 Å². The Kier molecular flexibility index (Phi) is 4.50. The van der Waals surface area contributed by atoms with Crippen LogP contribution in [0.1, 0.15) is 30.7 Å². The lowest BCUT2D eigenvalue weighted by Crippen LogP contribution is -2.37. The van der Waals surface area contributed by atoms with Gasteiger partial charge in [0.15, 0.2) is 11.1 Å². The molecule has 144 valence electrons. The van der Waals surface area contributed by atoms with E-state index in [1.165, 1.54) is 18.3 Å². The minimum atomic E-state index is -4.63. The summed E-state index contributed by atoms with van der Waals surface area (Å²) in [6, 6.07) is 6.64. The number of nitrogens with zero attached hydrogens (tertiary/aromatic N) is 2. The van der Waals surface area contributed by atoms with E-state index in [-0.39, 0.29) is 22.3 Å². The topological polar surface area (TPSA) is 69.5 Å². The summed E-state index contributed by atoms with van der Waals surface area (Å²) in [6.45, 7) is 3.37. The van der Waals surface area contributed by atoms with Crippen LogP contribution in [-0.2, 0) is 5.41 Å². The number of benzene rings is 1. The number of rotatable bonds is 2. The van der Waals surface area contributed by atoms with Gasteiger partial charge >= 0.3 is 6.18 Å². The maximum atomic E-state index is 14.6. The largest absolute Gasteiger partial charge is 0.398 e. The van der Waals surface area contributed by atoms with Crippen molar-refractivity contribution in [2.45, 2.75) is 32.4 Å². The van der Waals surface area contributed by atoms with Crippen LogP contribution in [-0.4, -0.2) is 16.1 Å². The number of aromatic amines is 1. The molecule has 4 nitrogen and oxygen atoms in total. The van der Waals surface area contributed by atoms with Crippen LogP contribution < -0.4 is 5.43 Å². The zero-order valence-electron chi connectivity index (χ0n) is 15.2. The van der Waals surface area contributed by atoms with E-state index < -0.39 is 28.4 Å². The first-order valence-corrected chi connectivity index (χ1v) is 8.27. The minimum Gasteiger partial charge on any atom is -0.354 e. The number of halogens is 4. The van der Waals surface area contributed by atoms with Gasteiger partial charge in [0.1, 0.15) is 11.9 Å². The summed E-state index contributed by atoms with van der Waals surface area (Å²) in [7, 11) is 0. The molecule has 0 saturated carbocycles. The first-order valence-electron chi connectivity index (χ1n) is 8.27. The molecule has 3 rings (SSSR count). The van der Waals surface area contributed by atoms with Crippen LogP contribution in [0.25, 0.3) is 22.2 Å². The molecule has 3 aromatic rings. The quantitative estimate of drug-likeness (QED) is 0.643. The van der Waals surface area contributed by atoms with Gasteiger partial charge in [-0.3, -0.25) is 4.79 Å². The summed E-state index contributed by atoms with van der Waals surface area (Å²) < 4.78 is 54.6. The van der Waals surface area contributed by atoms with Gasteiger partial charge in [0.25, 0.3) is 0 Å². The fourth-order valence-corrected chi connectivity index (χ4v) is 3.03. The summed E-state index contributed by atoms with van der Waals surface area (Å²) in [5.74, 6) is -1.02. The highest BCUT2D eigenvalue weighted by molar-refractivity contribution is 5.85. The zero-order valence-corrected chi connectivity index (χ0v) is 15.2. The minimum absolute atomic E-state index is 0.0459. The van der Waals surface area contributed by atoms with E-state index in [0.29, 0.717) is 11.1 Å². The van der Waals surface area contributed by atoms with Gasteiger partial charge in [0.05, 0.1) is 22.0 Å². The van der Waals surface area contributed by atoms with E-state index in [4.69, 9.17) is 5.26 Å². The van der Waals surface area contributed by atoms with E-state index >= 15 is 0 Å². The number of hydrogen-bond donors (Lipinski definition) is 1. The van der Waals surface area contributed by atoms with Crippen molar-refractivity contribution < 1.29 is 17.6 Å². The summed E-state index contributed by atoms with van der Waals surface area (Å²) in [6.07, 6.45) is -3.28. The van der Waals surface area contributed by atoms with Crippen LogP contribution in [0.5, 0.6) is 0 Å². The molecule has 0 aliphatic heterocycles. The van der Waals surface area contributed by atoms with Gasteiger partial charge in [0.2, 0.25) is 0 Å². The molecular formula is C20H15F4N3O. The second-order valence-electron chi connectivity index (χ2n) is 7.01. The van der Waals surface area contributed by atoms with Gasteiger partial charge in [-0.15, -0.1) is 0 Å². The average Bonchev–Trinajstić information content (AvgIpc) is 2.61. The lowest BCUT2D eigenvalue weighted by Gasteiger charge is -2.29. The SMILES string of the molecule is Cc1cc(C(C)(C)C(F)(F)F)c(F)cc1-c1cc(=O)c2c(C#N)nccc2[nH]1. The molecule has 2 heterocycles. The zero-order chi connectivity index (χ0) is 20.9. The predicted octanol–water partition coefficient (Wildman–Crippen LogP) is 4.75. The highest BCUT2D eigenvalue weighted by atomic mass is 19.4. The Bertz CT molecular complexity index is 1190. The molecule has 0 aliphatic rings. The van der Waals surface area contributed by atoms with Crippen LogP contribution >= 0.6 is 0 Å². The number of pyridine rings is 2. The van der Waals surface area contributed by atoms with Crippen molar-refractivity contribution >= 4 is 10.9 Å². The summed E-state index contributed by atoms with van der Waals surface area (Å²) >= 11 is 0. The van der Waals surface area contributed by atoms with Gasteiger partial charge in [-0.05, 0) is 38.5 Å². The number of hydrogen-bond acceptors (Lipinski definition) is 3. The van der Waals surface area contributed by atoms with Crippen molar-refractivity contribution in [1.82, 2.24) is 9.97 Å². The van der Waals surface area contributed by atoms with Crippen molar-refractivity contribution in [3.05, 3.63) is 63.3 Å². The van der Waals surface area contributed by atoms with Gasteiger partial charge < -0.3 is 4.98 Å². The molecule has 0 spiro atoms. The molecule has 0 fully saturated rings. The number of nitriles is 1. The Hall–Kier alpha value is -3.21. The first-order chi connectivity index (χ1) is 13.0. The molecule has 8 heteroatoms. The van der Waals surface area contributed by atoms with Gasteiger partial charge in [-0.2, -0.15) is 18.4 Å². The number of aromatic nitrogens is 2. The van der Waals surface area contributed by atoms with Crippen LogP contribution in [0.3, 0.4) is 0 Å². The Morgan fingerprint density at radius 3 is 2.46 bits per heavy atom. The summed E-state index contributed by atoms with van der Waals surface area (Å²) in [5, 5.41) is 9.19. The van der Waals surface area contributed by atoms with Crippen LogP contribution in [0.2, 0.25) is 0 Å². The summed E-state index contributed by atoms with van der Waals surface area (Å²) in [5.41, 5.74) is -2.19. The number of nitrogens with one attached hydrogen (secondary N) is 1. The van der Waals surface area contributed by atoms with E-state index in [1.807, 2.05) is 6.07 Å². The maximum absolute atomic E-state index is 14.6. The molecule has 2 aromatic heterocycles. The number of alkyl halides is 3. The van der Waals surface area contributed by atoms with E-state index in [1.54, 1.807) is 6.92 Å². The summed E-state index contributed by atoms with van der Waals surface area (Å²) in [4.78, 5) is 19.2. The molecule has 0 unspecified atom stereocenters. The monoisotopic (exact) mass is 389 g/mol. The molecule has 0 atom stereocenters. The normalized spacial score (nSPS) is 12.2. The third-order valence-electron chi connectivity index (χ3n) is 4.83. The highest BCUT2D eigenvalue weighted by Gasteiger charge is 2.49. The van der Waals surface area contributed by atoms with Crippen molar-refractivity contribution in [1.29, 1.82) is 5.26 Å². The molecule has 1 N–H and O–H groups in total. The van der Waals surface area contributed by atoms with Crippen LogP contribution in [0.4, 0.5) is 17.6 Å². The fraction of sp³-hybridized carbons (Fsp3) is 0.250. The second-order valence-corrected chi connectivity index (χ2v) is 7.01. The average molecular weight is 389 g/mol. The van der Waals surface area contributed by atoms with E-state index in [2.05, 4.69) is 9.97 Å². The molecular weight excluding hydrogens is 374 g/mol. The highest BCUT2D eigenvalue weighted by Crippen LogP contribution is 2.42. The van der Waals surface area contributed by atoms with Gasteiger partial charge in [-0.1, -0.05) is 6.07 Å². The van der Waals surface area contributed by atoms with Crippen molar-refractivity contribution in [2.24, 2.45) is 0 Å². The lowest BCUT2D eigenvalue weighted by molar-refractivity contribution is -0.180. The van der Waals surface area contributed by atoms with E-state index in [0.717, 1.165) is 26.0 Å². The van der Waals surface area contributed by atoms with Crippen LogP contribution in [0, 0.1) is 24.1 Å². The van der Waals surface area contributed by atoms with E-state index in [9.17, 15) is 22.4 Å². The lowest BCUT2D eigenvalue weighted by atomic mass is 9.82. The number of H-pyrrole nitrogens is 1. The van der Waals surface area contributed by atoms with Gasteiger partial charge in [-0.25, -0.2) is 9.37 Å². The van der Waals surface area contributed by atoms with Crippen molar-refractivity contribution in [2.75, 3.05) is 0 Å². The van der Waals surface area contributed by atoms with Gasteiger partial charge in [0, 0.05) is 23.4 Å². The van der Waals surface area contributed by atoms with Crippen molar-refractivity contribution in [3.8, 4) is 17.3 Å². The maximum Gasteiger partial charge on any atom is 0.398 e. The standard InChI is InChI=1S/C20H15F4N3O/c1-10-6-12(19(2,3)20(22,23)24)13(21)7-11(10)15-8-17(28)18-14(27-15)4-5-26-16(18)9-25/h4-8H,1-3H3,(H,27,28). The predicted molar refractivity (Wildman–Crippen MR) is 96.3 cm³/mol. The molecule has 0 bridgehead atoms. The Balaban J connectivity index is 2.23.